The summed E-state index contributed by atoms with van der Waals surface area (Å²) >= 11 is 0. The van der Waals surface area contributed by atoms with Gasteiger partial charge >= 0.3 is 0 Å². The second-order valence-electron chi connectivity index (χ2n) is 7.50. The number of carbonyl (C=O) groups excluding carboxylic acids is 2. The minimum Gasteiger partial charge on any atom is -0.369 e. The molecular formula is C22H28FN3O4S. The number of halogens is 1. The molecule has 0 unspecified atom stereocenters. The molecule has 0 heterocycles. The molecular weight excluding hydrogens is 421 g/mol. The maximum atomic E-state index is 14.1. The highest BCUT2D eigenvalue weighted by Crippen LogP contribution is 2.22. The summed E-state index contributed by atoms with van der Waals surface area (Å²) < 4.78 is 37.5. The van der Waals surface area contributed by atoms with Crippen LogP contribution in [0.5, 0.6) is 0 Å². The number of aryl methyl sites for hydroxylation is 1. The normalized spacial score (nSPS) is 12.5. The van der Waals surface area contributed by atoms with Gasteiger partial charge in [0.05, 0.1) is 23.7 Å². The molecule has 0 radical (unpaired) electrons. The van der Waals surface area contributed by atoms with Gasteiger partial charge in [-0.1, -0.05) is 37.6 Å². The molecule has 0 bridgehead atoms. The Labute approximate surface area is 182 Å². The zero-order valence-corrected chi connectivity index (χ0v) is 18.7. The molecule has 2 rings (SSSR count). The first-order valence-electron chi connectivity index (χ1n) is 9.92. The lowest BCUT2D eigenvalue weighted by molar-refractivity contribution is -0.122. The number of hydrogen-bond donors (Lipinski definition) is 2. The van der Waals surface area contributed by atoms with Crippen LogP contribution in [0.2, 0.25) is 0 Å². The van der Waals surface area contributed by atoms with Crippen LogP contribution >= 0.6 is 0 Å². The number of rotatable bonds is 10. The van der Waals surface area contributed by atoms with E-state index >= 15 is 0 Å². The minimum atomic E-state index is -3.56. The first-order chi connectivity index (χ1) is 14.5. The Morgan fingerprint density at radius 3 is 2.32 bits per heavy atom. The van der Waals surface area contributed by atoms with Gasteiger partial charge < -0.3 is 11.1 Å². The topological polar surface area (TPSA) is 110 Å². The Bertz CT molecular complexity index is 1040. The average molecular weight is 450 g/mol. The molecule has 31 heavy (non-hydrogen) atoms. The number of sulfone groups is 1. The van der Waals surface area contributed by atoms with E-state index in [4.69, 9.17) is 5.73 Å². The molecule has 0 spiro atoms. The van der Waals surface area contributed by atoms with Crippen molar-refractivity contribution in [3.63, 3.8) is 0 Å². The third-order valence-corrected chi connectivity index (χ3v) is 6.00. The predicted octanol–water partition coefficient (Wildman–Crippen LogP) is 2.67. The number of carbonyl (C=O) groups is 2. The SMILES string of the molecule is CCCc1ccc([C@@H](C)N(CC(N)=O)CC(=O)Nc2cc(S(C)(=O)=O)ccc2F)cc1. The third kappa shape index (κ3) is 7.15. The lowest BCUT2D eigenvalue weighted by Gasteiger charge is -2.28. The Balaban J connectivity index is 2.18. The number of hydrogen-bond acceptors (Lipinski definition) is 5. The van der Waals surface area contributed by atoms with Gasteiger partial charge in [0.1, 0.15) is 5.82 Å². The molecule has 2 amide bonds. The second kappa shape index (κ2) is 10.5. The summed E-state index contributed by atoms with van der Waals surface area (Å²) in [5.41, 5.74) is 7.20. The Morgan fingerprint density at radius 2 is 1.77 bits per heavy atom. The Morgan fingerprint density at radius 1 is 1.13 bits per heavy atom. The zero-order chi connectivity index (χ0) is 23.2. The van der Waals surface area contributed by atoms with E-state index in [2.05, 4.69) is 12.2 Å². The molecule has 0 aliphatic heterocycles. The highest BCUT2D eigenvalue weighted by atomic mass is 32.2. The maximum Gasteiger partial charge on any atom is 0.238 e. The van der Waals surface area contributed by atoms with Crippen LogP contribution in [0.3, 0.4) is 0 Å². The van der Waals surface area contributed by atoms with Gasteiger partial charge in [0.25, 0.3) is 0 Å². The van der Waals surface area contributed by atoms with E-state index in [9.17, 15) is 22.4 Å². The molecule has 0 aromatic heterocycles. The molecule has 0 fully saturated rings. The van der Waals surface area contributed by atoms with Crippen molar-refractivity contribution in [3.05, 3.63) is 59.4 Å². The number of nitrogens with one attached hydrogen (secondary N) is 1. The van der Waals surface area contributed by atoms with Crippen molar-refractivity contribution < 1.29 is 22.4 Å². The molecule has 2 aromatic rings. The van der Waals surface area contributed by atoms with Crippen LogP contribution in [0.4, 0.5) is 10.1 Å². The third-order valence-electron chi connectivity index (χ3n) is 4.89. The number of primary amides is 1. The molecule has 2 aromatic carbocycles. The molecule has 1 atom stereocenters. The number of nitrogens with two attached hydrogens (primary N) is 1. The number of benzene rings is 2. The van der Waals surface area contributed by atoms with Gasteiger partial charge in [0, 0.05) is 12.3 Å². The maximum absolute atomic E-state index is 14.1. The van der Waals surface area contributed by atoms with Crippen molar-refractivity contribution in [2.24, 2.45) is 5.73 Å². The largest absolute Gasteiger partial charge is 0.369 e. The van der Waals surface area contributed by atoms with Crippen molar-refractivity contribution in [1.29, 1.82) is 0 Å². The van der Waals surface area contributed by atoms with Crippen molar-refractivity contribution in [3.8, 4) is 0 Å². The van der Waals surface area contributed by atoms with Crippen molar-refractivity contribution in [1.82, 2.24) is 4.90 Å². The summed E-state index contributed by atoms with van der Waals surface area (Å²) in [5.74, 6) is -1.96. The predicted molar refractivity (Wildman–Crippen MR) is 118 cm³/mol. The zero-order valence-electron chi connectivity index (χ0n) is 17.9. The molecule has 168 valence electrons. The van der Waals surface area contributed by atoms with E-state index in [1.807, 2.05) is 31.2 Å². The summed E-state index contributed by atoms with van der Waals surface area (Å²) in [6.45, 7) is 3.54. The van der Waals surface area contributed by atoms with Crippen LogP contribution in [-0.2, 0) is 25.8 Å². The molecule has 0 saturated carbocycles. The van der Waals surface area contributed by atoms with Crippen LogP contribution < -0.4 is 11.1 Å². The van der Waals surface area contributed by atoms with Gasteiger partial charge in [-0.2, -0.15) is 0 Å². The van der Waals surface area contributed by atoms with Crippen LogP contribution in [-0.4, -0.2) is 44.5 Å². The van der Waals surface area contributed by atoms with Gasteiger partial charge in [0.15, 0.2) is 9.84 Å². The summed E-state index contributed by atoms with van der Waals surface area (Å²) in [4.78, 5) is 25.6. The quantitative estimate of drug-likeness (QED) is 0.542. The fourth-order valence-electron chi connectivity index (χ4n) is 3.20. The van der Waals surface area contributed by atoms with Crippen molar-refractivity contribution >= 4 is 27.3 Å². The minimum absolute atomic E-state index is 0.112. The fourth-order valence-corrected chi connectivity index (χ4v) is 3.84. The van der Waals surface area contributed by atoms with Crippen LogP contribution in [0, 0.1) is 5.82 Å². The van der Waals surface area contributed by atoms with Crippen molar-refractivity contribution in [2.75, 3.05) is 24.7 Å². The van der Waals surface area contributed by atoms with Crippen molar-refractivity contribution in [2.45, 2.75) is 37.6 Å². The summed E-state index contributed by atoms with van der Waals surface area (Å²) in [5, 5.41) is 2.39. The van der Waals surface area contributed by atoms with Gasteiger partial charge in [-0.05, 0) is 42.7 Å². The Hall–Kier alpha value is -2.78. The standard InChI is InChI=1S/C22H28FN3O4S/c1-4-5-16-6-8-17(9-7-16)15(2)26(13-21(24)27)14-22(28)25-20-12-18(31(3,29)30)10-11-19(20)23/h6-12,15H,4-5,13-14H2,1-3H3,(H2,24,27)(H,25,28)/t15-/m1/s1. The fraction of sp³-hybridized carbons (Fsp3) is 0.364. The molecule has 0 saturated heterocycles. The molecule has 7 nitrogen and oxygen atoms in total. The molecule has 0 aliphatic rings. The average Bonchev–Trinajstić information content (AvgIpc) is 2.68. The summed E-state index contributed by atoms with van der Waals surface area (Å²) in [6, 6.07) is 10.8. The van der Waals surface area contributed by atoms with E-state index in [0.29, 0.717) is 0 Å². The summed E-state index contributed by atoms with van der Waals surface area (Å²) in [6.07, 6.45) is 2.98. The number of amides is 2. The van der Waals surface area contributed by atoms with E-state index in [1.54, 1.807) is 4.90 Å². The smallest absolute Gasteiger partial charge is 0.238 e. The van der Waals surface area contributed by atoms with Crippen LogP contribution in [0.15, 0.2) is 47.4 Å². The van der Waals surface area contributed by atoms with Gasteiger partial charge in [-0.3, -0.25) is 14.5 Å². The number of nitrogens with zero attached hydrogens (tertiary/aromatic N) is 1. The highest BCUT2D eigenvalue weighted by Gasteiger charge is 2.22. The lowest BCUT2D eigenvalue weighted by Crippen LogP contribution is -2.40. The monoisotopic (exact) mass is 449 g/mol. The lowest BCUT2D eigenvalue weighted by atomic mass is 10.0. The highest BCUT2D eigenvalue weighted by molar-refractivity contribution is 7.90. The Kier molecular flexibility index (Phi) is 8.29. The van der Waals surface area contributed by atoms with E-state index < -0.39 is 27.5 Å². The van der Waals surface area contributed by atoms with Gasteiger partial charge in [-0.25, -0.2) is 12.8 Å². The summed E-state index contributed by atoms with van der Waals surface area (Å²) in [7, 11) is -3.56. The van der Waals surface area contributed by atoms with Gasteiger partial charge in [-0.15, -0.1) is 0 Å². The molecule has 9 heteroatoms. The first kappa shape index (κ1) is 24.5. The first-order valence-corrected chi connectivity index (χ1v) is 11.8. The molecule has 3 N–H and O–H groups in total. The molecule has 0 aliphatic carbocycles. The van der Waals surface area contributed by atoms with Gasteiger partial charge in [0.2, 0.25) is 11.8 Å². The second-order valence-corrected chi connectivity index (χ2v) is 9.52. The number of anilines is 1. The van der Waals surface area contributed by atoms with Crippen LogP contribution in [0.1, 0.15) is 37.4 Å². The van der Waals surface area contributed by atoms with E-state index in [1.165, 1.54) is 5.56 Å². The van der Waals surface area contributed by atoms with E-state index in [-0.39, 0.29) is 29.7 Å². The van der Waals surface area contributed by atoms with E-state index in [0.717, 1.165) is 42.9 Å². The van der Waals surface area contributed by atoms with Crippen LogP contribution in [0.25, 0.3) is 0 Å².